The molecule has 4 aromatic heterocycles. The van der Waals surface area contributed by atoms with E-state index in [2.05, 4.69) is 31.5 Å². The lowest BCUT2D eigenvalue weighted by Crippen LogP contribution is -2.28. The van der Waals surface area contributed by atoms with Crippen LogP contribution in [0.2, 0.25) is 0 Å². The van der Waals surface area contributed by atoms with Crippen LogP contribution in [0.25, 0.3) is 27.7 Å². The highest BCUT2D eigenvalue weighted by atomic mass is 16.4. The van der Waals surface area contributed by atoms with Gasteiger partial charge in [0.2, 0.25) is 0 Å². The van der Waals surface area contributed by atoms with Gasteiger partial charge >= 0.3 is 6.09 Å². The molecule has 10 nitrogen and oxygen atoms in total. The maximum absolute atomic E-state index is 13.1. The zero-order chi connectivity index (χ0) is 23.9. The van der Waals surface area contributed by atoms with Gasteiger partial charge in [0, 0.05) is 59.3 Å². The second kappa shape index (κ2) is 8.24. The van der Waals surface area contributed by atoms with Crippen molar-refractivity contribution in [3.05, 3.63) is 78.4 Å². The third kappa shape index (κ3) is 3.74. The summed E-state index contributed by atoms with van der Waals surface area (Å²) in [6.07, 6.45) is 4.95. The maximum atomic E-state index is 13.1. The number of nitrogens with zero attached hydrogens (tertiary/aromatic N) is 5. The number of pyridine rings is 1. The van der Waals surface area contributed by atoms with Gasteiger partial charge in [-0.05, 0) is 54.4 Å². The molecule has 174 valence electrons. The van der Waals surface area contributed by atoms with Gasteiger partial charge in [0.1, 0.15) is 5.65 Å². The van der Waals surface area contributed by atoms with Gasteiger partial charge in [0.25, 0.3) is 5.91 Å². The molecule has 2 amide bonds. The molecule has 0 spiro atoms. The van der Waals surface area contributed by atoms with Gasteiger partial charge in [-0.25, -0.2) is 9.78 Å². The Hall–Kier alpha value is -4.73. The number of carbonyl (C=O) groups is 2. The van der Waals surface area contributed by atoms with Gasteiger partial charge in [0.05, 0.1) is 11.7 Å². The molecule has 35 heavy (non-hydrogen) atoms. The predicted octanol–water partition coefficient (Wildman–Crippen LogP) is 3.99. The molecule has 6 rings (SSSR count). The lowest BCUT2D eigenvalue weighted by molar-refractivity contribution is 0.0790. The Morgan fingerprint density at radius 3 is 2.86 bits per heavy atom. The first-order chi connectivity index (χ1) is 17.1. The number of amides is 2. The zero-order valence-electron chi connectivity index (χ0n) is 18.5. The molecule has 10 heteroatoms. The third-order valence-corrected chi connectivity index (χ3v) is 6.42. The largest absolute Gasteiger partial charge is 0.465 e. The minimum Gasteiger partial charge on any atom is -0.465 e. The Bertz CT molecular complexity index is 1590. The van der Waals surface area contributed by atoms with Crippen molar-refractivity contribution in [1.29, 1.82) is 0 Å². The Balaban J connectivity index is 1.26. The number of benzene rings is 1. The van der Waals surface area contributed by atoms with E-state index in [1.165, 1.54) is 0 Å². The molecule has 0 aliphatic carbocycles. The Morgan fingerprint density at radius 1 is 1.06 bits per heavy atom. The van der Waals surface area contributed by atoms with Crippen LogP contribution in [0.5, 0.6) is 0 Å². The molecule has 1 unspecified atom stereocenters. The summed E-state index contributed by atoms with van der Waals surface area (Å²) in [6.45, 7) is 1.19. The average Bonchev–Trinajstić information content (AvgIpc) is 3.61. The van der Waals surface area contributed by atoms with E-state index >= 15 is 0 Å². The molecule has 0 bridgehead atoms. The van der Waals surface area contributed by atoms with E-state index in [0.717, 1.165) is 39.8 Å². The second-order valence-electron chi connectivity index (χ2n) is 8.55. The summed E-state index contributed by atoms with van der Waals surface area (Å²) in [5, 5.41) is 20.8. The average molecular weight is 467 g/mol. The number of nitrogens with one attached hydrogen (secondary N) is 2. The fraction of sp³-hybridized carbons (Fsp3) is 0.160. The Kier molecular flexibility index (Phi) is 4.91. The number of aromatic amines is 1. The van der Waals surface area contributed by atoms with Crippen molar-refractivity contribution in [1.82, 2.24) is 29.7 Å². The van der Waals surface area contributed by atoms with Gasteiger partial charge in [-0.1, -0.05) is 6.07 Å². The second-order valence-corrected chi connectivity index (χ2v) is 8.55. The van der Waals surface area contributed by atoms with E-state index in [4.69, 9.17) is 5.11 Å². The summed E-state index contributed by atoms with van der Waals surface area (Å²) in [5.41, 5.74) is 5.57. The van der Waals surface area contributed by atoms with Gasteiger partial charge < -0.3 is 15.0 Å². The summed E-state index contributed by atoms with van der Waals surface area (Å²) in [6, 6.07) is 14.5. The molecule has 1 saturated heterocycles. The van der Waals surface area contributed by atoms with Crippen molar-refractivity contribution in [3.8, 4) is 11.1 Å². The number of aromatic nitrogens is 5. The SMILES string of the molecule is O=C(O)Nc1cccc(C(=O)N2CCC(c3cc4c(-c5cnn6ncccc56)ccnc4[nH]3)C2)c1. The lowest BCUT2D eigenvalue weighted by Gasteiger charge is -2.17. The van der Waals surface area contributed by atoms with E-state index in [9.17, 15) is 9.59 Å². The first-order valence-electron chi connectivity index (χ1n) is 11.2. The van der Waals surface area contributed by atoms with Crippen LogP contribution < -0.4 is 5.32 Å². The summed E-state index contributed by atoms with van der Waals surface area (Å²) < 4.78 is 1.61. The number of carbonyl (C=O) groups excluding carboxylic acids is 1. The molecular weight excluding hydrogens is 446 g/mol. The van der Waals surface area contributed by atoms with Gasteiger partial charge in [-0.2, -0.15) is 14.8 Å². The fourth-order valence-electron chi connectivity index (χ4n) is 4.78. The molecule has 5 heterocycles. The van der Waals surface area contributed by atoms with Crippen LogP contribution in [-0.2, 0) is 0 Å². The van der Waals surface area contributed by atoms with Crippen LogP contribution in [0, 0.1) is 0 Å². The first kappa shape index (κ1) is 20.8. The molecule has 5 aromatic rings. The highest BCUT2D eigenvalue weighted by molar-refractivity contribution is 5.98. The van der Waals surface area contributed by atoms with Crippen LogP contribution in [0.1, 0.15) is 28.4 Å². The number of carboxylic acid groups (broad SMARTS) is 1. The quantitative estimate of drug-likeness (QED) is 0.367. The molecule has 3 N–H and O–H groups in total. The predicted molar refractivity (Wildman–Crippen MR) is 129 cm³/mol. The van der Waals surface area contributed by atoms with Crippen molar-refractivity contribution in [2.75, 3.05) is 18.4 Å². The first-order valence-corrected chi connectivity index (χ1v) is 11.2. The molecule has 1 aliphatic rings. The lowest BCUT2D eigenvalue weighted by atomic mass is 10.0. The van der Waals surface area contributed by atoms with Crippen LogP contribution in [0.4, 0.5) is 10.5 Å². The smallest absolute Gasteiger partial charge is 0.409 e. The topological polar surface area (TPSA) is 129 Å². The van der Waals surface area contributed by atoms with Crippen LogP contribution in [0.3, 0.4) is 0 Å². The Labute approximate surface area is 199 Å². The van der Waals surface area contributed by atoms with Crippen LogP contribution >= 0.6 is 0 Å². The summed E-state index contributed by atoms with van der Waals surface area (Å²) >= 11 is 0. The third-order valence-electron chi connectivity index (χ3n) is 6.42. The van der Waals surface area contributed by atoms with Crippen LogP contribution in [0.15, 0.2) is 67.1 Å². The van der Waals surface area contributed by atoms with E-state index in [-0.39, 0.29) is 11.8 Å². The van der Waals surface area contributed by atoms with E-state index in [1.54, 1.807) is 46.2 Å². The standard InChI is InChI=1S/C25H21N7O3/c33-24(15-3-1-4-17(11-15)29-25(34)35)31-10-7-16(14-31)21-12-19-18(6-9-26-23(19)30-21)20-13-28-32-22(20)5-2-8-27-32/h1-6,8-9,11-13,16,29H,7,10,14H2,(H,26,30)(H,34,35). The number of hydrogen-bond donors (Lipinski definition) is 3. The minimum atomic E-state index is -1.16. The normalized spacial score (nSPS) is 15.7. The molecule has 1 aromatic carbocycles. The van der Waals surface area contributed by atoms with Crippen molar-refractivity contribution >= 4 is 34.2 Å². The number of anilines is 1. The number of likely N-dealkylation sites (tertiary alicyclic amines) is 1. The monoisotopic (exact) mass is 467 g/mol. The summed E-state index contributed by atoms with van der Waals surface area (Å²) in [7, 11) is 0. The van der Waals surface area contributed by atoms with Crippen molar-refractivity contribution in [2.24, 2.45) is 0 Å². The molecule has 0 radical (unpaired) electrons. The fourth-order valence-corrected chi connectivity index (χ4v) is 4.78. The molecule has 1 atom stereocenters. The zero-order valence-corrected chi connectivity index (χ0v) is 18.5. The minimum absolute atomic E-state index is 0.115. The Morgan fingerprint density at radius 2 is 1.97 bits per heavy atom. The number of rotatable bonds is 4. The van der Waals surface area contributed by atoms with Crippen molar-refractivity contribution in [2.45, 2.75) is 12.3 Å². The molecular formula is C25H21N7O3. The maximum Gasteiger partial charge on any atom is 0.409 e. The number of H-pyrrole nitrogens is 1. The highest BCUT2D eigenvalue weighted by Crippen LogP contribution is 2.35. The molecule has 1 aliphatic heterocycles. The van der Waals surface area contributed by atoms with Gasteiger partial charge in [0.15, 0.2) is 0 Å². The van der Waals surface area contributed by atoms with E-state index in [1.807, 2.05) is 24.4 Å². The molecule has 0 saturated carbocycles. The van der Waals surface area contributed by atoms with Gasteiger partial charge in [-0.3, -0.25) is 10.1 Å². The van der Waals surface area contributed by atoms with Crippen molar-refractivity contribution < 1.29 is 14.7 Å². The van der Waals surface area contributed by atoms with E-state index in [0.29, 0.717) is 24.3 Å². The summed E-state index contributed by atoms with van der Waals surface area (Å²) in [5.74, 6) is 0.0298. The molecule has 1 fully saturated rings. The van der Waals surface area contributed by atoms with Crippen molar-refractivity contribution in [3.63, 3.8) is 0 Å². The van der Waals surface area contributed by atoms with Gasteiger partial charge in [-0.15, -0.1) is 0 Å². The number of fused-ring (bicyclic) bond motifs is 2. The highest BCUT2D eigenvalue weighted by Gasteiger charge is 2.29. The van der Waals surface area contributed by atoms with E-state index < -0.39 is 6.09 Å². The summed E-state index contributed by atoms with van der Waals surface area (Å²) in [4.78, 5) is 33.8. The van der Waals surface area contributed by atoms with Crippen LogP contribution in [-0.4, -0.2) is 59.9 Å². The number of hydrogen-bond acceptors (Lipinski definition) is 5.